The van der Waals surface area contributed by atoms with Gasteiger partial charge in [0.2, 0.25) is 5.91 Å². The minimum atomic E-state index is -4.69. The van der Waals surface area contributed by atoms with E-state index >= 15 is 0 Å². The van der Waals surface area contributed by atoms with E-state index in [1.54, 1.807) is 13.3 Å². The summed E-state index contributed by atoms with van der Waals surface area (Å²) in [7, 11) is -9.39. The molecule has 0 aliphatic carbocycles. The molecule has 3 N–H and O–H groups in total. The van der Waals surface area contributed by atoms with E-state index in [4.69, 9.17) is 37.3 Å². The fraction of sp³-hybridized carbons (Fsp3) is 0.885. The van der Waals surface area contributed by atoms with Crippen LogP contribution in [0.4, 0.5) is 0 Å². The molecule has 2 unspecified atom stereocenters. The number of carbonyl (C=O) groups excluding carboxylic acids is 2. The van der Waals surface area contributed by atoms with Crippen LogP contribution in [-0.2, 0) is 9.59 Å². The number of piperidine rings is 4. The largest absolute Gasteiger partial charge is 1.00 e. The third-order valence-corrected chi connectivity index (χ3v) is 9.29. The molecule has 5 heterocycles. The molecule has 0 spiro atoms. The van der Waals surface area contributed by atoms with Gasteiger partial charge in [0.05, 0.1) is 35.8 Å². The standard InChI is InChI=1S/C15H26N2.C11H18N2O3.2ClHO4.Na/c1-3-7-16-11-13-9-12(14(16)5-1)10-17-8-4-2-6-15(13)17;1-4-6-7(3)11(5-2)8(14)12-10(16)13-9(11)15;2*2-1(3,4)5;/h12-15H,1-11H2;7H,4-6H2,1-3H3,(H2,12,13,14,15,16);2*(H,2,3,4,5);/q;;;;+1/p-1/t12-,13-,14-,15+;;;;/m0..../s1. The van der Waals surface area contributed by atoms with Crippen LogP contribution >= 0.6 is 0 Å². The zero-order chi connectivity index (χ0) is 32.6. The van der Waals surface area contributed by atoms with Gasteiger partial charge in [0.25, 0.3) is 5.91 Å². The van der Waals surface area contributed by atoms with Crippen molar-refractivity contribution >= 4 is 17.8 Å². The summed E-state index contributed by atoms with van der Waals surface area (Å²) in [4.78, 5) is 32.8. The number of hydrogen-bond donors (Lipinski definition) is 3. The van der Waals surface area contributed by atoms with Crippen molar-refractivity contribution in [3.05, 3.63) is 0 Å². The number of nitrogens with zero attached hydrogens (tertiary/aromatic N) is 3. The normalized spacial score (nSPS) is 30.9. The van der Waals surface area contributed by atoms with Gasteiger partial charge >= 0.3 is 29.6 Å². The Bertz CT molecular complexity index is 904. The van der Waals surface area contributed by atoms with Gasteiger partial charge in [-0.05, 0) is 75.8 Å². The summed E-state index contributed by atoms with van der Waals surface area (Å²) in [5, 5.41) is 13.1. The monoisotopic (exact) mass is 682 g/mol. The van der Waals surface area contributed by atoms with Crippen molar-refractivity contribution < 1.29 is 102 Å². The molecule has 18 heteroatoms. The van der Waals surface area contributed by atoms with E-state index in [1.165, 1.54) is 64.7 Å². The van der Waals surface area contributed by atoms with Crippen molar-refractivity contribution in [2.24, 2.45) is 28.2 Å². The van der Waals surface area contributed by atoms with Crippen molar-refractivity contribution in [2.45, 2.75) is 97.1 Å². The first-order valence-corrected chi connectivity index (χ1v) is 17.3. The van der Waals surface area contributed by atoms with Crippen molar-refractivity contribution in [2.75, 3.05) is 26.2 Å². The maximum Gasteiger partial charge on any atom is 1.00 e. The summed E-state index contributed by atoms with van der Waals surface area (Å²) < 4.78 is 65.4. The van der Waals surface area contributed by atoms with Crippen LogP contribution in [0.25, 0.3) is 0 Å². The SMILES string of the molecule is C1CCN2C[C@@H]3C[C@@H](CN4CCCC[C@@H]34)[C@H]2C1.CCCC(C)C1(CC)C(=O)N=C([O-])NC1=O.[Na+].[O-][Cl+3]([O-])([O-])O.[O-][Cl+3]([O-])([O-])O. The first-order chi connectivity index (χ1) is 19.9. The van der Waals surface area contributed by atoms with Crippen LogP contribution in [0.15, 0.2) is 4.99 Å². The van der Waals surface area contributed by atoms with Gasteiger partial charge in [-0.15, -0.1) is 0 Å². The smallest absolute Gasteiger partial charge is 0.846 e. The van der Waals surface area contributed by atoms with Crippen molar-refractivity contribution in [3.8, 4) is 0 Å². The zero-order valence-corrected chi connectivity index (χ0v) is 29.5. The molecule has 0 aromatic rings. The molecule has 4 fully saturated rings. The molecule has 4 saturated heterocycles. The quantitative estimate of drug-likeness (QED) is 0.184. The number of halogens is 2. The minimum Gasteiger partial charge on any atom is -0.846 e. The second kappa shape index (κ2) is 18.4. The van der Waals surface area contributed by atoms with Crippen LogP contribution < -0.4 is 67.9 Å². The maximum absolute atomic E-state index is 11.9. The van der Waals surface area contributed by atoms with E-state index in [-0.39, 0.29) is 35.5 Å². The molecule has 5 aliphatic rings. The molecule has 5 aliphatic heterocycles. The number of aliphatic imine (C=N–C) groups is 1. The molecular formula is C26H45Cl2N4NaO11. The van der Waals surface area contributed by atoms with Gasteiger partial charge in [0.1, 0.15) is 5.41 Å². The van der Waals surface area contributed by atoms with Gasteiger partial charge in [-0.25, -0.2) is 4.99 Å². The molecule has 0 aromatic carbocycles. The van der Waals surface area contributed by atoms with E-state index in [1.807, 2.05) is 13.8 Å². The first-order valence-electron chi connectivity index (χ1n) is 14.8. The average molecular weight is 684 g/mol. The summed E-state index contributed by atoms with van der Waals surface area (Å²) >= 11 is 0. The van der Waals surface area contributed by atoms with Gasteiger partial charge in [0.15, 0.2) is 0 Å². The fourth-order valence-corrected chi connectivity index (χ4v) is 7.55. The van der Waals surface area contributed by atoms with Gasteiger partial charge in [-0.1, -0.05) is 40.0 Å². The molecular weight excluding hydrogens is 638 g/mol. The van der Waals surface area contributed by atoms with E-state index in [9.17, 15) is 14.7 Å². The molecule has 44 heavy (non-hydrogen) atoms. The Morgan fingerprint density at radius 1 is 0.909 bits per heavy atom. The van der Waals surface area contributed by atoms with Gasteiger partial charge in [-0.2, -0.15) is 28.0 Å². The Hall–Kier alpha value is -0.210. The van der Waals surface area contributed by atoms with E-state index in [0.717, 1.165) is 36.8 Å². The molecule has 2 bridgehead atoms. The topological polar surface area (TPSA) is 267 Å². The molecule has 15 nitrogen and oxygen atoms in total. The maximum atomic E-state index is 11.9. The minimum absolute atomic E-state index is 0. The Kier molecular flexibility index (Phi) is 17.5. The van der Waals surface area contributed by atoms with Crippen LogP contribution in [0.2, 0.25) is 0 Å². The van der Waals surface area contributed by atoms with Crippen LogP contribution in [0.3, 0.4) is 0 Å². The Labute approximate surface area is 285 Å². The van der Waals surface area contributed by atoms with Gasteiger partial charge in [0, 0.05) is 25.2 Å². The second-order valence-corrected chi connectivity index (χ2v) is 13.4. The Morgan fingerprint density at radius 2 is 1.34 bits per heavy atom. The van der Waals surface area contributed by atoms with Crippen LogP contribution in [0.1, 0.15) is 85.0 Å². The van der Waals surface area contributed by atoms with Crippen molar-refractivity contribution in [3.63, 3.8) is 0 Å². The number of rotatable bonds is 4. The molecule has 2 amide bonds. The van der Waals surface area contributed by atoms with Crippen molar-refractivity contribution in [1.29, 1.82) is 0 Å². The third kappa shape index (κ3) is 12.8. The molecule has 6 atom stereocenters. The average Bonchev–Trinajstić information content (AvgIpc) is 2.88. The van der Waals surface area contributed by atoms with Gasteiger partial charge in [-0.3, -0.25) is 19.4 Å². The number of nitrogens with one attached hydrogen (secondary N) is 1. The van der Waals surface area contributed by atoms with E-state index in [2.05, 4.69) is 20.1 Å². The summed E-state index contributed by atoms with van der Waals surface area (Å²) in [5.74, 6) is 0.837. The number of amidine groups is 1. The fourth-order valence-electron chi connectivity index (χ4n) is 7.55. The Morgan fingerprint density at radius 3 is 1.70 bits per heavy atom. The summed E-state index contributed by atoms with van der Waals surface area (Å²) in [6.07, 6.45) is 12.5. The number of carbonyl (C=O) groups is 2. The second-order valence-electron chi connectivity index (χ2n) is 11.9. The van der Waals surface area contributed by atoms with Crippen molar-refractivity contribution in [1.82, 2.24) is 15.1 Å². The number of hydrogen-bond acceptors (Lipinski definition) is 13. The van der Waals surface area contributed by atoms with Gasteiger partial charge < -0.3 is 10.4 Å². The molecule has 0 radical (unpaired) electrons. The summed E-state index contributed by atoms with van der Waals surface area (Å²) in [5.41, 5.74) is -1.15. The van der Waals surface area contributed by atoms with Crippen LogP contribution in [-0.4, -0.2) is 75.2 Å². The zero-order valence-electron chi connectivity index (χ0n) is 26.0. The van der Waals surface area contributed by atoms with E-state index < -0.39 is 43.7 Å². The van der Waals surface area contributed by atoms with Crippen LogP contribution in [0, 0.1) is 43.7 Å². The summed E-state index contributed by atoms with van der Waals surface area (Å²) in [6, 6.07) is 1.08. The molecule has 0 aromatic heterocycles. The predicted octanol–water partition coefficient (Wildman–Crippen LogP) is -8.71. The molecule has 5 rings (SSSR count). The first kappa shape index (κ1) is 41.8. The van der Waals surface area contributed by atoms with Crippen LogP contribution in [0.5, 0.6) is 0 Å². The van der Waals surface area contributed by atoms with E-state index in [0.29, 0.717) is 6.42 Å². The molecule has 250 valence electrons. The number of fused-ring (bicyclic) bond motifs is 6. The third-order valence-electron chi connectivity index (χ3n) is 9.29. The predicted molar refractivity (Wildman–Crippen MR) is 132 cm³/mol. The Balaban J connectivity index is 0.000000334. The number of amides is 2. The molecule has 0 saturated carbocycles. The summed E-state index contributed by atoms with van der Waals surface area (Å²) in [6.45, 7) is 11.3.